The van der Waals surface area contributed by atoms with Crippen LogP contribution in [0.25, 0.3) is 11.1 Å². The second-order valence-corrected chi connectivity index (χ2v) is 9.34. The minimum Gasteiger partial charge on any atom is -0.489 e. The molecule has 0 saturated heterocycles. The van der Waals surface area contributed by atoms with E-state index in [-0.39, 0.29) is 13.2 Å². The number of nitriles is 1. The number of carboxylic acid groups (broad SMARTS) is 1. The van der Waals surface area contributed by atoms with Crippen LogP contribution in [0.15, 0.2) is 79.1 Å². The van der Waals surface area contributed by atoms with Crippen LogP contribution in [0.1, 0.15) is 33.4 Å². The smallest absolute Gasteiger partial charge is 0.323 e. The third kappa shape index (κ3) is 6.83. The van der Waals surface area contributed by atoms with Gasteiger partial charge in [-0.05, 0) is 47.7 Å². The third-order valence-electron chi connectivity index (χ3n) is 6.81. The molecule has 0 radical (unpaired) electrons. The molecule has 0 aliphatic heterocycles. The van der Waals surface area contributed by atoms with E-state index < -0.39 is 18.6 Å². The van der Waals surface area contributed by atoms with E-state index in [1.165, 1.54) is 6.20 Å². The lowest BCUT2D eigenvalue weighted by Gasteiger charge is -2.18. The van der Waals surface area contributed by atoms with Gasteiger partial charge in [-0.1, -0.05) is 54.6 Å². The van der Waals surface area contributed by atoms with Crippen LogP contribution in [0.2, 0.25) is 0 Å². The lowest BCUT2D eigenvalue weighted by atomic mass is 9.97. The molecule has 8 heteroatoms. The molecule has 0 aliphatic rings. The molecule has 204 valence electrons. The van der Waals surface area contributed by atoms with Crippen molar-refractivity contribution in [2.75, 3.05) is 6.61 Å². The lowest BCUT2D eigenvalue weighted by Crippen LogP contribution is -2.39. The SMILES string of the molecule is Cc1c(C#N)cncc1COc1cc(OCc2cccc(-c3ccccc3)c2C)ccc1CN[C@H](CO)C(=O)O. The Labute approximate surface area is 233 Å². The predicted molar refractivity (Wildman–Crippen MR) is 151 cm³/mol. The Kier molecular flexibility index (Phi) is 9.47. The zero-order valence-electron chi connectivity index (χ0n) is 22.4. The Morgan fingerprint density at radius 2 is 1.73 bits per heavy atom. The molecule has 40 heavy (non-hydrogen) atoms. The second kappa shape index (κ2) is 13.4. The van der Waals surface area contributed by atoms with Gasteiger partial charge in [0.1, 0.15) is 36.8 Å². The van der Waals surface area contributed by atoms with Crippen molar-refractivity contribution in [2.24, 2.45) is 0 Å². The fraction of sp³-hybridized carbons (Fsp3) is 0.219. The summed E-state index contributed by atoms with van der Waals surface area (Å²) in [5.41, 5.74) is 7.18. The van der Waals surface area contributed by atoms with E-state index in [9.17, 15) is 20.3 Å². The fourth-order valence-electron chi connectivity index (χ4n) is 4.28. The van der Waals surface area contributed by atoms with Gasteiger partial charge in [-0.25, -0.2) is 0 Å². The van der Waals surface area contributed by atoms with Crippen molar-refractivity contribution in [1.29, 1.82) is 5.26 Å². The third-order valence-corrected chi connectivity index (χ3v) is 6.81. The van der Waals surface area contributed by atoms with Crippen molar-refractivity contribution in [3.8, 4) is 28.7 Å². The maximum absolute atomic E-state index is 11.4. The van der Waals surface area contributed by atoms with E-state index in [4.69, 9.17) is 9.47 Å². The number of carbonyl (C=O) groups is 1. The van der Waals surface area contributed by atoms with Gasteiger partial charge in [0.15, 0.2) is 0 Å². The van der Waals surface area contributed by atoms with Crippen molar-refractivity contribution in [1.82, 2.24) is 10.3 Å². The molecule has 0 unspecified atom stereocenters. The summed E-state index contributed by atoms with van der Waals surface area (Å²) in [7, 11) is 0. The van der Waals surface area contributed by atoms with Gasteiger partial charge < -0.3 is 19.7 Å². The number of rotatable bonds is 12. The summed E-state index contributed by atoms with van der Waals surface area (Å²) < 4.78 is 12.3. The van der Waals surface area contributed by atoms with Crippen LogP contribution in [0, 0.1) is 25.2 Å². The van der Waals surface area contributed by atoms with Gasteiger partial charge in [0.05, 0.1) is 12.2 Å². The highest BCUT2D eigenvalue weighted by Crippen LogP contribution is 2.29. The zero-order valence-corrected chi connectivity index (χ0v) is 22.4. The van der Waals surface area contributed by atoms with Crippen molar-refractivity contribution in [3.63, 3.8) is 0 Å². The highest BCUT2D eigenvalue weighted by atomic mass is 16.5. The predicted octanol–water partition coefficient (Wildman–Crippen LogP) is 4.93. The molecule has 0 aliphatic carbocycles. The summed E-state index contributed by atoms with van der Waals surface area (Å²) in [5.74, 6) is -0.0718. The summed E-state index contributed by atoms with van der Waals surface area (Å²) in [5, 5.41) is 30.8. The summed E-state index contributed by atoms with van der Waals surface area (Å²) >= 11 is 0. The van der Waals surface area contributed by atoms with Crippen LogP contribution in [-0.4, -0.2) is 33.8 Å². The Morgan fingerprint density at radius 3 is 2.45 bits per heavy atom. The minimum absolute atomic E-state index is 0.154. The average Bonchev–Trinajstić information content (AvgIpc) is 2.97. The highest BCUT2D eigenvalue weighted by molar-refractivity contribution is 5.73. The zero-order chi connectivity index (χ0) is 28.5. The van der Waals surface area contributed by atoms with Gasteiger partial charge in [-0.3, -0.25) is 15.1 Å². The van der Waals surface area contributed by atoms with Crippen molar-refractivity contribution in [3.05, 3.63) is 113 Å². The molecule has 0 amide bonds. The molecule has 4 aromatic rings. The first kappa shape index (κ1) is 28.3. The van der Waals surface area contributed by atoms with E-state index in [1.54, 1.807) is 24.4 Å². The number of aliphatic hydroxyl groups is 1. The second-order valence-electron chi connectivity index (χ2n) is 9.34. The number of aliphatic hydroxyl groups excluding tert-OH is 1. The van der Waals surface area contributed by atoms with E-state index in [1.807, 2.05) is 37.3 Å². The van der Waals surface area contributed by atoms with Crippen LogP contribution in [0.5, 0.6) is 11.5 Å². The van der Waals surface area contributed by atoms with Crippen LogP contribution in [0.4, 0.5) is 0 Å². The summed E-state index contributed by atoms with van der Waals surface area (Å²) in [6.07, 6.45) is 3.17. The monoisotopic (exact) mass is 537 g/mol. The van der Waals surface area contributed by atoms with E-state index in [0.717, 1.165) is 33.4 Å². The van der Waals surface area contributed by atoms with Gasteiger partial charge in [-0.2, -0.15) is 5.26 Å². The number of aliphatic carboxylic acids is 1. The number of hydrogen-bond donors (Lipinski definition) is 3. The molecule has 1 aromatic heterocycles. The number of hydrogen-bond acceptors (Lipinski definition) is 7. The van der Waals surface area contributed by atoms with Crippen LogP contribution >= 0.6 is 0 Å². The number of carboxylic acids is 1. The molecule has 1 heterocycles. The minimum atomic E-state index is -1.15. The normalized spacial score (nSPS) is 11.4. The van der Waals surface area contributed by atoms with Gasteiger partial charge in [0.2, 0.25) is 0 Å². The summed E-state index contributed by atoms with van der Waals surface area (Å²) in [6, 6.07) is 22.7. The van der Waals surface area contributed by atoms with E-state index in [0.29, 0.717) is 29.2 Å². The molecule has 3 aromatic carbocycles. The lowest BCUT2D eigenvalue weighted by molar-refractivity contribution is -0.140. The molecule has 3 N–H and O–H groups in total. The van der Waals surface area contributed by atoms with Gasteiger partial charge in [0.25, 0.3) is 0 Å². The maximum Gasteiger partial charge on any atom is 0.323 e. The van der Waals surface area contributed by atoms with Crippen molar-refractivity contribution in [2.45, 2.75) is 39.6 Å². The number of ether oxygens (including phenoxy) is 2. The summed E-state index contributed by atoms with van der Waals surface area (Å²) in [6.45, 7) is 4.04. The van der Waals surface area contributed by atoms with Crippen molar-refractivity contribution < 1.29 is 24.5 Å². The Balaban J connectivity index is 1.55. The van der Waals surface area contributed by atoms with E-state index >= 15 is 0 Å². The molecule has 0 bridgehead atoms. The van der Waals surface area contributed by atoms with Crippen molar-refractivity contribution >= 4 is 5.97 Å². The van der Waals surface area contributed by atoms with E-state index in [2.05, 4.69) is 41.5 Å². The largest absolute Gasteiger partial charge is 0.489 e. The highest BCUT2D eigenvalue weighted by Gasteiger charge is 2.17. The molecule has 4 rings (SSSR count). The number of nitrogens with one attached hydrogen (secondary N) is 1. The Bertz CT molecular complexity index is 1520. The first-order chi connectivity index (χ1) is 19.4. The number of benzene rings is 3. The fourth-order valence-corrected chi connectivity index (χ4v) is 4.28. The molecule has 1 atom stereocenters. The topological polar surface area (TPSA) is 125 Å². The maximum atomic E-state index is 11.4. The standard InChI is InChI=1S/C32H31N3O5/c1-21-26(14-33)15-34-16-27(21)20-40-31-13-28(12-11-24(31)17-35-30(18-36)32(37)38)39-19-25-9-6-10-29(22(25)2)23-7-4-3-5-8-23/h3-13,15-16,30,35-36H,17-20H2,1-2H3,(H,37,38)/t30-/m1/s1. The molecule has 8 nitrogen and oxygen atoms in total. The quantitative estimate of drug-likeness (QED) is 0.232. The van der Waals surface area contributed by atoms with Gasteiger partial charge in [-0.15, -0.1) is 0 Å². The molecular weight excluding hydrogens is 506 g/mol. The number of aromatic nitrogens is 1. The van der Waals surface area contributed by atoms with Gasteiger partial charge >= 0.3 is 5.97 Å². The Hall–Kier alpha value is -4.71. The molecular formula is C32H31N3O5. The average molecular weight is 538 g/mol. The van der Waals surface area contributed by atoms with Crippen LogP contribution < -0.4 is 14.8 Å². The molecule has 0 spiro atoms. The van der Waals surface area contributed by atoms with Crippen LogP contribution in [0.3, 0.4) is 0 Å². The summed E-state index contributed by atoms with van der Waals surface area (Å²) in [4.78, 5) is 15.5. The first-order valence-corrected chi connectivity index (χ1v) is 12.8. The number of pyridine rings is 1. The molecule has 0 saturated carbocycles. The Morgan fingerprint density at radius 1 is 0.950 bits per heavy atom. The van der Waals surface area contributed by atoms with Crippen LogP contribution in [-0.2, 0) is 24.6 Å². The number of nitrogens with zero attached hydrogens (tertiary/aromatic N) is 2. The van der Waals surface area contributed by atoms with Gasteiger partial charge in [0, 0.05) is 36.1 Å². The molecule has 0 fully saturated rings. The first-order valence-electron chi connectivity index (χ1n) is 12.8.